The first-order chi connectivity index (χ1) is 9.92. The number of hydrogen-bond acceptors (Lipinski definition) is 5. The van der Waals surface area contributed by atoms with Crippen LogP contribution in [-0.4, -0.2) is 16.7 Å². The Kier molecular flexibility index (Phi) is 2.77. The molecule has 0 bridgehead atoms. The zero-order valence-corrected chi connectivity index (χ0v) is 11.6. The van der Waals surface area contributed by atoms with E-state index in [4.69, 9.17) is 4.52 Å². The van der Waals surface area contributed by atoms with Crippen LogP contribution in [0, 0.1) is 0 Å². The molecule has 0 unspecified atom stereocenters. The third kappa shape index (κ3) is 1.91. The highest BCUT2D eigenvalue weighted by Gasteiger charge is 2.18. The standard InChI is InChI=1S/C15H13N3OS/c1-4-11(10-5-2-8-16-12(10)6-1)15-17-14(18-19-15)13-7-3-9-20-13/h1,3-4,6-7,9,16H,2,5,8H2. The zero-order valence-electron chi connectivity index (χ0n) is 10.8. The Labute approximate surface area is 120 Å². The van der Waals surface area contributed by atoms with Crippen molar-refractivity contribution < 1.29 is 4.52 Å². The molecule has 0 amide bonds. The molecular weight excluding hydrogens is 270 g/mol. The van der Waals surface area contributed by atoms with Crippen LogP contribution < -0.4 is 5.32 Å². The van der Waals surface area contributed by atoms with Crippen LogP contribution in [0.15, 0.2) is 40.2 Å². The average Bonchev–Trinajstić information content (AvgIpc) is 3.17. The smallest absolute Gasteiger partial charge is 0.258 e. The van der Waals surface area contributed by atoms with Crippen LogP contribution in [-0.2, 0) is 6.42 Å². The predicted molar refractivity (Wildman–Crippen MR) is 79.9 cm³/mol. The fourth-order valence-corrected chi connectivity index (χ4v) is 3.20. The second-order valence-electron chi connectivity index (χ2n) is 4.76. The summed E-state index contributed by atoms with van der Waals surface area (Å²) in [4.78, 5) is 5.57. The molecule has 4 nitrogen and oxygen atoms in total. The minimum absolute atomic E-state index is 0.606. The van der Waals surface area contributed by atoms with E-state index in [0.717, 1.165) is 29.8 Å². The number of hydrogen-bond donors (Lipinski definition) is 1. The average molecular weight is 283 g/mol. The first-order valence-corrected chi connectivity index (χ1v) is 7.53. The molecule has 0 fully saturated rings. The Bertz CT molecular complexity index is 733. The normalized spacial score (nSPS) is 13.8. The van der Waals surface area contributed by atoms with E-state index in [0.29, 0.717) is 11.7 Å². The van der Waals surface area contributed by atoms with Crippen molar-refractivity contribution in [3.8, 4) is 22.2 Å². The van der Waals surface area contributed by atoms with Crippen LogP contribution >= 0.6 is 11.3 Å². The molecule has 0 saturated carbocycles. The molecule has 0 saturated heterocycles. The van der Waals surface area contributed by atoms with Crippen molar-refractivity contribution in [2.75, 3.05) is 11.9 Å². The molecule has 0 aliphatic carbocycles. The summed E-state index contributed by atoms with van der Waals surface area (Å²) in [5.74, 6) is 1.27. The first-order valence-electron chi connectivity index (χ1n) is 6.65. The molecule has 0 radical (unpaired) electrons. The number of rotatable bonds is 2. The third-order valence-electron chi connectivity index (χ3n) is 3.49. The lowest BCUT2D eigenvalue weighted by molar-refractivity contribution is 0.432. The minimum atomic E-state index is 0.606. The van der Waals surface area contributed by atoms with Crippen molar-refractivity contribution in [2.45, 2.75) is 12.8 Å². The van der Waals surface area contributed by atoms with Crippen LogP contribution in [0.3, 0.4) is 0 Å². The molecule has 0 atom stereocenters. The number of thiophene rings is 1. The van der Waals surface area contributed by atoms with Crippen molar-refractivity contribution >= 4 is 17.0 Å². The van der Waals surface area contributed by atoms with E-state index in [1.165, 1.54) is 11.3 Å². The van der Waals surface area contributed by atoms with Crippen LogP contribution in [0.1, 0.15) is 12.0 Å². The van der Waals surface area contributed by atoms with Gasteiger partial charge in [-0.1, -0.05) is 17.3 Å². The maximum absolute atomic E-state index is 5.46. The summed E-state index contributed by atoms with van der Waals surface area (Å²) >= 11 is 1.62. The van der Waals surface area contributed by atoms with Crippen molar-refractivity contribution in [2.24, 2.45) is 0 Å². The number of fused-ring (bicyclic) bond motifs is 1. The number of anilines is 1. The number of benzene rings is 1. The summed E-state index contributed by atoms with van der Waals surface area (Å²) in [5.41, 5.74) is 3.51. The highest BCUT2D eigenvalue weighted by Crippen LogP contribution is 2.33. The van der Waals surface area contributed by atoms with E-state index >= 15 is 0 Å². The van der Waals surface area contributed by atoms with Gasteiger partial charge >= 0.3 is 0 Å². The molecule has 1 aliphatic rings. The molecule has 1 aromatic carbocycles. The SMILES string of the molecule is c1csc(-c2noc(-c3cccc4c3CCCN4)n2)c1. The predicted octanol–water partition coefficient (Wildman–Crippen LogP) is 3.82. The van der Waals surface area contributed by atoms with Gasteiger partial charge in [-0.2, -0.15) is 4.98 Å². The van der Waals surface area contributed by atoms with Crippen LogP contribution in [0.4, 0.5) is 5.69 Å². The Balaban J connectivity index is 1.78. The molecule has 3 aromatic rings. The van der Waals surface area contributed by atoms with Crippen LogP contribution in [0.2, 0.25) is 0 Å². The van der Waals surface area contributed by atoms with Crippen LogP contribution in [0.25, 0.3) is 22.2 Å². The van der Waals surface area contributed by atoms with Crippen molar-refractivity contribution in [3.63, 3.8) is 0 Å². The molecule has 4 rings (SSSR count). The summed E-state index contributed by atoms with van der Waals surface area (Å²) in [7, 11) is 0. The van der Waals surface area contributed by atoms with Crippen LogP contribution in [0.5, 0.6) is 0 Å². The fraction of sp³-hybridized carbons (Fsp3) is 0.200. The second-order valence-corrected chi connectivity index (χ2v) is 5.71. The number of aromatic nitrogens is 2. The Morgan fingerprint density at radius 3 is 3.10 bits per heavy atom. The van der Waals surface area contributed by atoms with E-state index in [1.807, 2.05) is 23.6 Å². The monoisotopic (exact) mass is 283 g/mol. The van der Waals surface area contributed by atoms with E-state index in [1.54, 1.807) is 11.3 Å². The maximum Gasteiger partial charge on any atom is 0.258 e. The summed E-state index contributed by atoms with van der Waals surface area (Å²) in [5, 5.41) is 9.52. The van der Waals surface area contributed by atoms with E-state index in [9.17, 15) is 0 Å². The molecule has 1 aliphatic heterocycles. The lowest BCUT2D eigenvalue weighted by atomic mass is 9.97. The van der Waals surface area contributed by atoms with Gasteiger partial charge in [-0.3, -0.25) is 0 Å². The van der Waals surface area contributed by atoms with E-state index in [-0.39, 0.29) is 0 Å². The third-order valence-corrected chi connectivity index (χ3v) is 4.36. The van der Waals surface area contributed by atoms with Gasteiger partial charge in [0.15, 0.2) is 0 Å². The molecule has 2 aromatic heterocycles. The molecule has 100 valence electrons. The topological polar surface area (TPSA) is 51.0 Å². The van der Waals surface area contributed by atoms with Gasteiger partial charge in [-0.25, -0.2) is 0 Å². The Hall–Kier alpha value is -2.14. The van der Waals surface area contributed by atoms with Crippen molar-refractivity contribution in [3.05, 3.63) is 41.3 Å². The highest BCUT2D eigenvalue weighted by molar-refractivity contribution is 7.13. The quantitative estimate of drug-likeness (QED) is 0.776. The molecular formula is C15H13N3OS. The molecule has 3 heterocycles. The van der Waals surface area contributed by atoms with Gasteiger partial charge in [-0.15, -0.1) is 11.3 Å². The second kappa shape index (κ2) is 4.76. The van der Waals surface area contributed by atoms with Crippen molar-refractivity contribution in [1.82, 2.24) is 10.1 Å². The molecule has 5 heteroatoms. The van der Waals surface area contributed by atoms with Gasteiger partial charge in [0.1, 0.15) is 0 Å². The van der Waals surface area contributed by atoms with Gasteiger partial charge in [0.25, 0.3) is 5.89 Å². The van der Waals surface area contributed by atoms with E-state index < -0.39 is 0 Å². The van der Waals surface area contributed by atoms with Gasteiger partial charge in [0, 0.05) is 17.8 Å². The van der Waals surface area contributed by atoms with Gasteiger partial charge in [0.05, 0.1) is 4.88 Å². The summed E-state index contributed by atoms with van der Waals surface area (Å²) in [6.07, 6.45) is 2.19. The number of nitrogens with zero attached hydrogens (tertiary/aromatic N) is 2. The maximum atomic E-state index is 5.46. The molecule has 20 heavy (non-hydrogen) atoms. The van der Waals surface area contributed by atoms with Crippen molar-refractivity contribution in [1.29, 1.82) is 0 Å². The number of nitrogens with one attached hydrogen (secondary N) is 1. The van der Waals surface area contributed by atoms with Gasteiger partial charge < -0.3 is 9.84 Å². The molecule has 0 spiro atoms. The Morgan fingerprint density at radius 1 is 1.20 bits per heavy atom. The largest absolute Gasteiger partial charge is 0.385 e. The highest BCUT2D eigenvalue weighted by atomic mass is 32.1. The first kappa shape index (κ1) is 11.7. The van der Waals surface area contributed by atoms with Gasteiger partial charge in [-0.05, 0) is 42.0 Å². The fourth-order valence-electron chi connectivity index (χ4n) is 2.55. The summed E-state index contributed by atoms with van der Waals surface area (Å²) in [6.45, 7) is 1.03. The minimum Gasteiger partial charge on any atom is -0.385 e. The van der Waals surface area contributed by atoms with E-state index in [2.05, 4.69) is 27.6 Å². The summed E-state index contributed by atoms with van der Waals surface area (Å²) < 4.78 is 5.46. The zero-order chi connectivity index (χ0) is 13.4. The Morgan fingerprint density at radius 2 is 2.20 bits per heavy atom. The lowest BCUT2D eigenvalue weighted by Gasteiger charge is -2.19. The lowest BCUT2D eigenvalue weighted by Crippen LogP contribution is -2.12. The summed E-state index contributed by atoms with van der Waals surface area (Å²) in [6, 6.07) is 10.2. The molecule has 1 N–H and O–H groups in total. The van der Waals surface area contributed by atoms with Gasteiger partial charge in [0.2, 0.25) is 5.82 Å².